The van der Waals surface area contributed by atoms with Crippen LogP contribution in [-0.2, 0) is 28.5 Å². The molecule has 0 bridgehead atoms. The number of ether oxygens (including phenoxy) is 4. The Morgan fingerprint density at radius 1 is 1.24 bits per heavy atom. The number of rotatable bonds is 4. The lowest BCUT2D eigenvalue weighted by Gasteiger charge is -2.51. The maximum Gasteiger partial charge on any atom is 0.336 e. The summed E-state index contributed by atoms with van der Waals surface area (Å²) in [6, 6.07) is 0.636. The fourth-order valence-electron chi connectivity index (χ4n) is 4.04. The highest BCUT2D eigenvalue weighted by Gasteiger charge is 2.57. The number of esters is 1. The zero-order chi connectivity index (χ0) is 24.1. The average Bonchev–Trinajstić information content (AvgIpc) is 3.19. The maximum absolute atomic E-state index is 13.7. The highest BCUT2D eigenvalue weighted by Crippen LogP contribution is 2.37. The van der Waals surface area contributed by atoms with Gasteiger partial charge in [0.2, 0.25) is 0 Å². The predicted octanol–water partition coefficient (Wildman–Crippen LogP) is 1.03. The number of carboxylic acids is 1. The molecule has 1 aromatic carbocycles. The van der Waals surface area contributed by atoms with E-state index in [-0.39, 0.29) is 17.9 Å². The number of hydrogen-bond donors (Lipinski definition) is 3. The number of nitrogens with zero attached hydrogens (tertiary/aromatic N) is 1. The third kappa shape index (κ3) is 4.49. The molecule has 2 saturated heterocycles. The van der Waals surface area contributed by atoms with Crippen molar-refractivity contribution in [2.45, 2.75) is 57.0 Å². The molecule has 3 aliphatic rings. The molecule has 13 heteroatoms. The van der Waals surface area contributed by atoms with Crippen LogP contribution < -0.4 is 11.0 Å². The van der Waals surface area contributed by atoms with Crippen LogP contribution in [0.1, 0.15) is 26.3 Å². The van der Waals surface area contributed by atoms with Gasteiger partial charge < -0.3 is 29.5 Å². The number of hydrogen-bond acceptors (Lipinski definition) is 9. The van der Waals surface area contributed by atoms with E-state index in [4.69, 9.17) is 18.9 Å². The molecule has 180 valence electrons. The largest absolute Gasteiger partial charge is 0.479 e. The molecule has 4 rings (SSSR count). The summed E-state index contributed by atoms with van der Waals surface area (Å²) in [4.78, 5) is 23.7. The Hall–Kier alpha value is -2.87. The van der Waals surface area contributed by atoms with Crippen molar-refractivity contribution in [3.05, 3.63) is 41.3 Å². The highest BCUT2D eigenvalue weighted by atomic mass is 19.2. The smallest absolute Gasteiger partial charge is 0.336 e. The predicted molar refractivity (Wildman–Crippen MR) is 103 cm³/mol. The molecule has 0 aromatic heterocycles. The van der Waals surface area contributed by atoms with Crippen LogP contribution in [0.4, 0.5) is 13.2 Å². The molecular formula is C20H22F3N3O7. The van der Waals surface area contributed by atoms with Crippen LogP contribution in [0.5, 0.6) is 0 Å². The third-order valence-corrected chi connectivity index (χ3v) is 5.42. The lowest BCUT2D eigenvalue weighted by atomic mass is 9.90. The van der Waals surface area contributed by atoms with E-state index < -0.39 is 65.6 Å². The number of nitrogens with one attached hydrogen (secondary N) is 2. The second kappa shape index (κ2) is 8.48. The van der Waals surface area contributed by atoms with Crippen molar-refractivity contribution in [2.75, 3.05) is 6.61 Å². The van der Waals surface area contributed by atoms with Crippen LogP contribution in [0.3, 0.4) is 0 Å². The molecule has 0 spiro atoms. The molecule has 3 aliphatic heterocycles. The number of halogens is 3. The molecule has 0 radical (unpaired) electrons. The second-order valence-corrected chi connectivity index (χ2v) is 8.23. The van der Waals surface area contributed by atoms with Gasteiger partial charge in [-0.1, -0.05) is 0 Å². The van der Waals surface area contributed by atoms with Crippen LogP contribution >= 0.6 is 0 Å². The quantitative estimate of drug-likeness (QED) is 0.432. The van der Waals surface area contributed by atoms with Crippen LogP contribution in [0.2, 0.25) is 0 Å². The van der Waals surface area contributed by atoms with Crippen molar-refractivity contribution < 1.29 is 46.8 Å². The van der Waals surface area contributed by atoms with Crippen LogP contribution in [0.25, 0.3) is 5.70 Å². The van der Waals surface area contributed by atoms with Gasteiger partial charge in [0.05, 0.1) is 12.3 Å². The molecule has 0 amide bonds. The van der Waals surface area contributed by atoms with Gasteiger partial charge in [-0.05, 0) is 26.0 Å². The molecule has 0 saturated carbocycles. The van der Waals surface area contributed by atoms with E-state index in [1.54, 1.807) is 13.8 Å². The first-order valence-electron chi connectivity index (χ1n) is 10.0. The van der Waals surface area contributed by atoms with Crippen molar-refractivity contribution in [3.8, 4) is 0 Å². The van der Waals surface area contributed by atoms with Gasteiger partial charge in [0.25, 0.3) is 0 Å². The van der Waals surface area contributed by atoms with Gasteiger partial charge in [-0.2, -0.15) is 0 Å². The van der Waals surface area contributed by atoms with E-state index in [1.807, 2.05) is 0 Å². The third-order valence-electron chi connectivity index (χ3n) is 5.42. The van der Waals surface area contributed by atoms with Crippen LogP contribution in [0, 0.1) is 17.5 Å². The highest BCUT2D eigenvalue weighted by molar-refractivity contribution is 5.75. The summed E-state index contributed by atoms with van der Waals surface area (Å²) < 4.78 is 63.3. The van der Waals surface area contributed by atoms with Crippen LogP contribution in [0.15, 0.2) is 18.3 Å². The Bertz CT molecular complexity index is 982. The van der Waals surface area contributed by atoms with E-state index in [0.29, 0.717) is 0 Å². The summed E-state index contributed by atoms with van der Waals surface area (Å²) in [5.74, 6) is -7.53. The van der Waals surface area contributed by atoms with Crippen molar-refractivity contribution in [1.82, 2.24) is 16.0 Å². The molecule has 0 aliphatic carbocycles. The van der Waals surface area contributed by atoms with Gasteiger partial charge in [-0.25, -0.2) is 18.0 Å². The van der Waals surface area contributed by atoms with Crippen molar-refractivity contribution in [1.29, 1.82) is 0 Å². The molecule has 10 nitrogen and oxygen atoms in total. The van der Waals surface area contributed by atoms with E-state index in [2.05, 4.69) is 11.0 Å². The monoisotopic (exact) mass is 473 g/mol. The number of hydrazine groups is 2. The minimum atomic E-state index is -1.61. The van der Waals surface area contributed by atoms with Gasteiger partial charge in [0.15, 0.2) is 35.4 Å². The summed E-state index contributed by atoms with van der Waals surface area (Å²) in [5, 5.41) is 11.1. The zero-order valence-electron chi connectivity index (χ0n) is 17.8. The number of carboxylic acid groups (broad SMARTS) is 1. The van der Waals surface area contributed by atoms with Gasteiger partial charge in [-0.3, -0.25) is 9.80 Å². The first-order valence-corrected chi connectivity index (χ1v) is 10.0. The minimum absolute atomic E-state index is 0.0109. The molecule has 3 N–H and O–H groups in total. The van der Waals surface area contributed by atoms with E-state index in [9.17, 15) is 27.9 Å². The Morgan fingerprint density at radius 3 is 2.52 bits per heavy atom. The molecule has 5 atom stereocenters. The second-order valence-electron chi connectivity index (χ2n) is 8.23. The van der Waals surface area contributed by atoms with Crippen molar-refractivity contribution in [3.63, 3.8) is 0 Å². The lowest BCUT2D eigenvalue weighted by Crippen LogP contribution is -2.71. The summed E-state index contributed by atoms with van der Waals surface area (Å²) in [7, 11) is 0. The fraction of sp³-hybridized carbons (Fsp3) is 0.500. The Morgan fingerprint density at radius 2 is 1.91 bits per heavy atom. The number of carbonyl (C=O) groups excluding carboxylic acids is 1. The first-order chi connectivity index (χ1) is 15.5. The van der Waals surface area contributed by atoms with Gasteiger partial charge in [0.1, 0.15) is 18.2 Å². The first kappa shape index (κ1) is 23.3. The molecule has 3 heterocycles. The zero-order valence-corrected chi connectivity index (χ0v) is 17.8. The van der Waals surface area contributed by atoms with Gasteiger partial charge in [-0.15, -0.1) is 5.53 Å². The summed E-state index contributed by atoms with van der Waals surface area (Å²) in [6.45, 7) is 4.45. The Balaban J connectivity index is 1.73. The van der Waals surface area contributed by atoms with Gasteiger partial charge >= 0.3 is 11.9 Å². The summed E-state index contributed by atoms with van der Waals surface area (Å²) >= 11 is 0. The lowest BCUT2D eigenvalue weighted by molar-refractivity contribution is -0.348. The van der Waals surface area contributed by atoms with E-state index >= 15 is 0 Å². The number of carbonyl (C=O) groups is 2. The van der Waals surface area contributed by atoms with E-state index in [0.717, 1.165) is 19.1 Å². The minimum Gasteiger partial charge on any atom is -0.479 e. The number of benzene rings is 1. The molecule has 0 unspecified atom stereocenters. The van der Waals surface area contributed by atoms with Crippen molar-refractivity contribution >= 4 is 17.6 Å². The standard InChI is InChI=1S/C20H22F3N3O7/c1-8(27)31-17-15(16-13(32-18(17)19(28)29)7-30-20(2,3)33-16)26-6-12(24-25-26)9-4-10(21)14(23)11(22)5-9/h4-6,13,15-18,24-25H,7H2,1-3H3,(H,28,29)/t13-,15+,16+,17-,18-/m1/s1. The molecule has 1 aromatic rings. The van der Waals surface area contributed by atoms with Gasteiger partial charge in [0, 0.05) is 18.7 Å². The SMILES string of the molecule is CC(=O)O[C@@H]1[C@@H](N2C=C(c3cc(F)c(F)c(F)c3)NN2)[C@H]2OC(C)(C)OC[C@H]2O[C@H]1C(=O)O. The Kier molecular flexibility index (Phi) is 5.99. The van der Waals surface area contributed by atoms with Crippen LogP contribution in [-0.4, -0.2) is 64.9 Å². The molecular weight excluding hydrogens is 451 g/mol. The van der Waals surface area contributed by atoms with Crippen molar-refractivity contribution in [2.24, 2.45) is 0 Å². The molecule has 33 heavy (non-hydrogen) atoms. The molecule has 2 fully saturated rings. The summed E-state index contributed by atoms with van der Waals surface area (Å²) in [5.41, 5.74) is 5.57. The normalized spacial score (nSPS) is 30.8. The Labute approximate surface area is 186 Å². The van der Waals surface area contributed by atoms with E-state index in [1.165, 1.54) is 11.2 Å². The topological polar surface area (TPSA) is 119 Å². The maximum atomic E-state index is 13.7. The number of fused-ring (bicyclic) bond motifs is 1. The average molecular weight is 473 g/mol. The number of aliphatic carboxylic acids is 1. The fourth-order valence-corrected chi connectivity index (χ4v) is 4.04. The summed E-state index contributed by atoms with van der Waals surface area (Å²) in [6.07, 6.45) is -3.16.